The maximum absolute atomic E-state index is 14.1. The van der Waals surface area contributed by atoms with Crippen LogP contribution in [-0.4, -0.2) is 8.96 Å². The Kier molecular flexibility index (Phi) is 4.88. The predicted molar refractivity (Wildman–Crippen MR) is 77.9 cm³/mol. The Labute approximate surface area is 134 Å². The fraction of sp³-hybridized carbons (Fsp3) is 0.600. The van der Waals surface area contributed by atoms with Gasteiger partial charge in [-0.25, -0.2) is 17.7 Å². The summed E-state index contributed by atoms with van der Waals surface area (Å²) in [5.41, 5.74) is -1.85. The molecule has 0 saturated heterocycles. The normalized spacial score (nSPS) is 18.8. The molecule has 0 bridgehead atoms. The van der Waals surface area contributed by atoms with Crippen LogP contribution in [0, 0.1) is 17.6 Å². The van der Waals surface area contributed by atoms with Crippen molar-refractivity contribution < 1.29 is 26.2 Å². The number of alkyl halides is 3. The van der Waals surface area contributed by atoms with Crippen molar-refractivity contribution in [3.05, 3.63) is 34.9 Å². The molecule has 2 nitrogen and oxygen atoms in total. The van der Waals surface area contributed by atoms with Crippen LogP contribution >= 0.6 is 0 Å². The van der Waals surface area contributed by atoms with Crippen LogP contribution in [0.1, 0.15) is 50.8 Å². The van der Waals surface area contributed by atoms with Gasteiger partial charge in [0, 0.05) is 5.56 Å². The molecule has 130 valence electrons. The molecule has 1 aromatic rings. The first kappa shape index (κ1) is 18.3. The topological polar surface area (TPSA) is 29.1 Å². The minimum atomic E-state index is -4.96. The van der Waals surface area contributed by atoms with Gasteiger partial charge in [-0.2, -0.15) is 13.2 Å². The van der Waals surface area contributed by atoms with E-state index < -0.39 is 45.1 Å². The standard InChI is InChI=1S/C15H18F5NOS/c1-14(2,3)23(22)21-13(8-4-5-8)9-6-12(17)10(7-11(9)16)15(18,19)20/h6-8,13,21H,4-5H2,1-3H3/t13-,23+/m0/s1. The quantitative estimate of drug-likeness (QED) is 0.793. The highest BCUT2D eigenvalue weighted by Gasteiger charge is 2.40. The molecule has 23 heavy (non-hydrogen) atoms. The van der Waals surface area contributed by atoms with Gasteiger partial charge in [0.25, 0.3) is 0 Å². The molecule has 0 radical (unpaired) electrons. The summed E-state index contributed by atoms with van der Waals surface area (Å²) in [6, 6.07) is -0.0396. The van der Waals surface area contributed by atoms with Crippen LogP contribution in [0.3, 0.4) is 0 Å². The van der Waals surface area contributed by atoms with Crippen LogP contribution in [0.5, 0.6) is 0 Å². The maximum Gasteiger partial charge on any atom is 0.419 e. The molecule has 1 fully saturated rings. The van der Waals surface area contributed by atoms with E-state index in [2.05, 4.69) is 4.72 Å². The molecule has 0 aliphatic heterocycles. The summed E-state index contributed by atoms with van der Waals surface area (Å²) in [7, 11) is -1.55. The Morgan fingerprint density at radius 1 is 1.13 bits per heavy atom. The summed E-state index contributed by atoms with van der Waals surface area (Å²) in [6.07, 6.45) is -3.51. The van der Waals surface area contributed by atoms with Crippen LogP contribution in [-0.2, 0) is 17.2 Å². The third-order valence-corrected chi connectivity index (χ3v) is 5.19. The first-order valence-corrected chi connectivity index (χ1v) is 8.30. The Morgan fingerprint density at radius 2 is 1.70 bits per heavy atom. The molecule has 1 aliphatic carbocycles. The summed E-state index contributed by atoms with van der Waals surface area (Å²) >= 11 is 0. The number of hydrogen-bond acceptors (Lipinski definition) is 1. The molecule has 1 saturated carbocycles. The van der Waals surface area contributed by atoms with Gasteiger partial charge >= 0.3 is 6.18 Å². The number of benzene rings is 1. The van der Waals surface area contributed by atoms with E-state index in [9.17, 15) is 26.2 Å². The van der Waals surface area contributed by atoms with Gasteiger partial charge in [-0.3, -0.25) is 0 Å². The molecule has 1 aliphatic rings. The molecular weight excluding hydrogens is 337 g/mol. The second-order valence-electron chi connectivity index (χ2n) is 6.67. The fourth-order valence-corrected chi connectivity index (χ4v) is 3.06. The summed E-state index contributed by atoms with van der Waals surface area (Å²) in [4.78, 5) is 0. The largest absolute Gasteiger partial charge is 0.419 e. The molecule has 0 aromatic heterocycles. The van der Waals surface area contributed by atoms with Crippen molar-refractivity contribution in [2.75, 3.05) is 0 Å². The van der Waals surface area contributed by atoms with Crippen LogP contribution in [0.15, 0.2) is 12.1 Å². The fourth-order valence-electron chi connectivity index (χ4n) is 2.15. The van der Waals surface area contributed by atoms with Gasteiger partial charge in [0.05, 0.1) is 27.3 Å². The number of halogens is 5. The molecule has 0 amide bonds. The van der Waals surface area contributed by atoms with Gasteiger partial charge in [-0.1, -0.05) is 0 Å². The Balaban J connectivity index is 2.37. The van der Waals surface area contributed by atoms with E-state index in [-0.39, 0.29) is 17.5 Å². The number of rotatable bonds is 4. The SMILES string of the molecule is CC(C)(C)[S@@](=O)N[C@H](c1cc(F)c(C(F)(F)F)cc1F)C1CC1. The van der Waals surface area contributed by atoms with Crippen molar-refractivity contribution in [2.24, 2.45) is 5.92 Å². The van der Waals surface area contributed by atoms with Crippen molar-refractivity contribution in [3.63, 3.8) is 0 Å². The molecule has 0 unspecified atom stereocenters. The van der Waals surface area contributed by atoms with Gasteiger partial charge in [0.15, 0.2) is 0 Å². The Bertz CT molecular complexity index is 620. The van der Waals surface area contributed by atoms with E-state index in [0.717, 1.165) is 12.8 Å². The average molecular weight is 355 g/mol. The highest BCUT2D eigenvalue weighted by atomic mass is 32.2. The van der Waals surface area contributed by atoms with E-state index >= 15 is 0 Å². The molecule has 1 aromatic carbocycles. The Hall–Kier alpha value is -1.02. The van der Waals surface area contributed by atoms with Crippen LogP contribution < -0.4 is 4.72 Å². The lowest BCUT2D eigenvalue weighted by Gasteiger charge is -2.25. The third kappa shape index (κ3) is 4.29. The van der Waals surface area contributed by atoms with E-state index in [1.807, 2.05) is 0 Å². The van der Waals surface area contributed by atoms with E-state index in [4.69, 9.17) is 0 Å². The molecule has 2 atom stereocenters. The molecule has 0 heterocycles. The summed E-state index contributed by atoms with van der Waals surface area (Å²) in [6.45, 7) is 5.14. The minimum absolute atomic E-state index is 0.0630. The average Bonchev–Trinajstić information content (AvgIpc) is 3.20. The lowest BCUT2D eigenvalue weighted by atomic mass is 10.0. The third-order valence-electron chi connectivity index (χ3n) is 3.61. The number of nitrogens with one attached hydrogen (secondary N) is 1. The summed E-state index contributed by atoms with van der Waals surface area (Å²) in [5, 5.41) is 0. The van der Waals surface area contributed by atoms with Gasteiger partial charge in [-0.05, 0) is 51.7 Å². The second-order valence-corrected chi connectivity index (χ2v) is 8.66. The van der Waals surface area contributed by atoms with E-state index in [1.165, 1.54) is 0 Å². The molecule has 8 heteroatoms. The van der Waals surface area contributed by atoms with Gasteiger partial charge in [-0.15, -0.1) is 0 Å². The molecule has 1 N–H and O–H groups in total. The zero-order valence-electron chi connectivity index (χ0n) is 12.9. The van der Waals surface area contributed by atoms with E-state index in [0.29, 0.717) is 6.07 Å². The lowest BCUT2D eigenvalue weighted by Crippen LogP contribution is -2.37. The van der Waals surface area contributed by atoms with Crippen molar-refractivity contribution in [3.8, 4) is 0 Å². The first-order valence-electron chi connectivity index (χ1n) is 7.15. The molecule has 2 rings (SSSR count). The zero-order chi connectivity index (χ0) is 17.6. The maximum atomic E-state index is 14.1. The first-order chi connectivity index (χ1) is 10.4. The van der Waals surface area contributed by atoms with Crippen LogP contribution in [0.2, 0.25) is 0 Å². The van der Waals surface area contributed by atoms with Crippen molar-refractivity contribution in [1.29, 1.82) is 0 Å². The molecular formula is C15H18F5NOS. The van der Waals surface area contributed by atoms with Crippen molar-refractivity contribution >= 4 is 11.0 Å². The number of hydrogen-bond donors (Lipinski definition) is 1. The highest BCUT2D eigenvalue weighted by molar-refractivity contribution is 7.84. The van der Waals surface area contributed by atoms with Crippen LogP contribution in [0.25, 0.3) is 0 Å². The van der Waals surface area contributed by atoms with Crippen LogP contribution in [0.4, 0.5) is 22.0 Å². The monoisotopic (exact) mass is 355 g/mol. The predicted octanol–water partition coefficient (Wildman–Crippen LogP) is 4.49. The van der Waals surface area contributed by atoms with Gasteiger partial charge in [0.1, 0.15) is 11.6 Å². The van der Waals surface area contributed by atoms with Gasteiger partial charge < -0.3 is 0 Å². The smallest absolute Gasteiger partial charge is 0.242 e. The second kappa shape index (κ2) is 6.12. The van der Waals surface area contributed by atoms with Gasteiger partial charge in [0.2, 0.25) is 0 Å². The summed E-state index contributed by atoms with van der Waals surface area (Å²) < 4.78 is 80.1. The lowest BCUT2D eigenvalue weighted by molar-refractivity contribution is -0.140. The summed E-state index contributed by atoms with van der Waals surface area (Å²) in [5.74, 6) is -2.73. The van der Waals surface area contributed by atoms with E-state index in [1.54, 1.807) is 20.8 Å². The Morgan fingerprint density at radius 3 is 2.13 bits per heavy atom. The zero-order valence-corrected chi connectivity index (χ0v) is 13.7. The van der Waals surface area contributed by atoms with Crippen molar-refractivity contribution in [1.82, 2.24) is 4.72 Å². The highest BCUT2D eigenvalue weighted by Crippen LogP contribution is 2.43. The minimum Gasteiger partial charge on any atom is -0.242 e. The molecule has 0 spiro atoms. The van der Waals surface area contributed by atoms with Crippen molar-refractivity contribution in [2.45, 2.75) is 50.6 Å².